The van der Waals surface area contributed by atoms with Gasteiger partial charge in [0.15, 0.2) is 0 Å². The number of hydrogen-bond acceptors (Lipinski definition) is 4. The van der Waals surface area contributed by atoms with E-state index in [2.05, 4.69) is 0 Å². The van der Waals surface area contributed by atoms with E-state index in [4.69, 9.17) is 4.74 Å². The van der Waals surface area contributed by atoms with E-state index in [-0.39, 0.29) is 17.4 Å². The molecule has 2 heterocycles. The molecule has 0 aliphatic carbocycles. The first-order valence-electron chi connectivity index (χ1n) is 7.15. The van der Waals surface area contributed by atoms with E-state index in [0.717, 1.165) is 5.69 Å². The fraction of sp³-hybridized carbons (Fsp3) is 0.643. The number of aromatic nitrogens is 1. The van der Waals surface area contributed by atoms with E-state index in [9.17, 15) is 13.2 Å². The Labute approximate surface area is 125 Å². The third kappa shape index (κ3) is 3.65. The zero-order valence-electron chi connectivity index (χ0n) is 12.7. The van der Waals surface area contributed by atoms with Crippen LogP contribution < -0.4 is 10.3 Å². The summed E-state index contributed by atoms with van der Waals surface area (Å²) in [5, 5.41) is 0. The summed E-state index contributed by atoms with van der Waals surface area (Å²) in [7, 11) is -1.47. The molecule has 0 aromatic carbocycles. The normalized spacial score (nSPS) is 19.9. The quantitative estimate of drug-likeness (QED) is 0.809. The van der Waals surface area contributed by atoms with Gasteiger partial charge in [0, 0.05) is 25.4 Å². The van der Waals surface area contributed by atoms with Gasteiger partial charge >= 0.3 is 0 Å². The Morgan fingerprint density at radius 2 is 2.10 bits per heavy atom. The van der Waals surface area contributed by atoms with Crippen LogP contribution in [-0.4, -0.2) is 42.2 Å². The van der Waals surface area contributed by atoms with E-state index in [1.54, 1.807) is 17.7 Å². The first-order chi connectivity index (χ1) is 9.83. The molecule has 1 aliphatic rings. The van der Waals surface area contributed by atoms with Gasteiger partial charge in [0.05, 0.1) is 12.3 Å². The summed E-state index contributed by atoms with van der Waals surface area (Å²) in [4.78, 5) is 11.7. The Morgan fingerprint density at radius 3 is 2.71 bits per heavy atom. The van der Waals surface area contributed by atoms with E-state index < -0.39 is 10.0 Å². The van der Waals surface area contributed by atoms with Crippen LogP contribution in [0, 0.1) is 6.92 Å². The molecule has 1 aromatic heterocycles. The molecule has 0 spiro atoms. The molecule has 2 rings (SSSR count). The molecule has 1 saturated heterocycles. The third-order valence-corrected chi connectivity index (χ3v) is 5.79. The van der Waals surface area contributed by atoms with Gasteiger partial charge < -0.3 is 9.30 Å². The van der Waals surface area contributed by atoms with Crippen molar-refractivity contribution in [1.82, 2.24) is 8.87 Å². The predicted octanol–water partition coefficient (Wildman–Crippen LogP) is 0.887. The maximum atomic E-state index is 12.0. The van der Waals surface area contributed by atoms with Crippen LogP contribution in [0.5, 0.6) is 5.75 Å². The lowest BCUT2D eigenvalue weighted by Crippen LogP contribution is -2.32. The number of rotatable bonds is 5. The second kappa shape index (κ2) is 6.19. The van der Waals surface area contributed by atoms with Crippen LogP contribution in [-0.2, 0) is 17.1 Å². The van der Waals surface area contributed by atoms with Gasteiger partial charge in [0.2, 0.25) is 10.0 Å². The second-order valence-electron chi connectivity index (χ2n) is 5.43. The summed E-state index contributed by atoms with van der Waals surface area (Å²) in [6.45, 7) is 4.53. The first-order valence-corrected chi connectivity index (χ1v) is 8.76. The summed E-state index contributed by atoms with van der Waals surface area (Å²) in [5.41, 5.74) is 0.685. The highest BCUT2D eigenvalue weighted by Crippen LogP contribution is 2.20. The molecular formula is C14H22N2O4S. The average Bonchev–Trinajstić information content (AvgIpc) is 2.85. The Hall–Kier alpha value is -1.34. The predicted molar refractivity (Wildman–Crippen MR) is 81.1 cm³/mol. The maximum absolute atomic E-state index is 12.0. The first kappa shape index (κ1) is 16.0. The Kier molecular flexibility index (Phi) is 4.73. The highest BCUT2D eigenvalue weighted by molar-refractivity contribution is 7.89. The zero-order valence-corrected chi connectivity index (χ0v) is 13.5. The molecule has 7 heteroatoms. The van der Waals surface area contributed by atoms with Crippen molar-refractivity contribution in [3.05, 3.63) is 28.2 Å². The number of sulfonamides is 1. The maximum Gasteiger partial charge on any atom is 0.254 e. The lowest BCUT2D eigenvalue weighted by atomic mass is 10.3. The fourth-order valence-electron chi connectivity index (χ4n) is 2.43. The van der Waals surface area contributed by atoms with Crippen molar-refractivity contribution in [3.63, 3.8) is 0 Å². The van der Waals surface area contributed by atoms with Crippen LogP contribution in [0.15, 0.2) is 16.9 Å². The molecule has 1 atom stereocenters. The molecule has 0 radical (unpaired) electrons. The van der Waals surface area contributed by atoms with Crippen molar-refractivity contribution < 1.29 is 13.2 Å². The molecule has 0 bridgehead atoms. The van der Waals surface area contributed by atoms with E-state index in [0.29, 0.717) is 31.7 Å². The topological polar surface area (TPSA) is 68.6 Å². The third-order valence-electron chi connectivity index (χ3n) is 3.74. The minimum absolute atomic E-state index is 0.126. The molecule has 0 saturated carbocycles. The molecule has 0 N–H and O–H groups in total. The Morgan fingerprint density at radius 1 is 1.38 bits per heavy atom. The summed E-state index contributed by atoms with van der Waals surface area (Å²) in [6, 6.07) is 3.24. The van der Waals surface area contributed by atoms with Crippen molar-refractivity contribution >= 4 is 10.0 Å². The van der Waals surface area contributed by atoms with Crippen molar-refractivity contribution in [1.29, 1.82) is 0 Å². The molecule has 1 aromatic rings. The smallest absolute Gasteiger partial charge is 0.254 e. The van der Waals surface area contributed by atoms with Gasteiger partial charge in [-0.25, -0.2) is 8.42 Å². The average molecular weight is 314 g/mol. The SMILES string of the molecule is CCCS(=O)(=O)N1CCC(Oc2cc(C)n(C)c(=O)c2)C1. The van der Waals surface area contributed by atoms with Crippen LogP contribution >= 0.6 is 0 Å². The molecule has 21 heavy (non-hydrogen) atoms. The molecule has 1 aliphatic heterocycles. The van der Waals surface area contributed by atoms with Gasteiger partial charge in [-0.15, -0.1) is 0 Å². The lowest BCUT2D eigenvalue weighted by Gasteiger charge is -2.17. The van der Waals surface area contributed by atoms with Crippen LogP contribution in [0.4, 0.5) is 0 Å². The standard InChI is InChI=1S/C14H22N2O4S/c1-4-7-21(18,19)16-6-5-12(10-16)20-13-8-11(2)15(3)14(17)9-13/h8-9,12H,4-7,10H2,1-3H3. The van der Waals surface area contributed by atoms with E-state index in [1.165, 1.54) is 10.4 Å². The largest absolute Gasteiger partial charge is 0.489 e. The van der Waals surface area contributed by atoms with Crippen LogP contribution in [0.25, 0.3) is 0 Å². The van der Waals surface area contributed by atoms with Gasteiger partial charge in [-0.1, -0.05) is 6.92 Å². The van der Waals surface area contributed by atoms with E-state index in [1.807, 2.05) is 13.8 Å². The molecular weight excluding hydrogens is 292 g/mol. The van der Waals surface area contributed by atoms with Crippen molar-refractivity contribution in [2.45, 2.75) is 32.8 Å². The second-order valence-corrected chi connectivity index (χ2v) is 7.52. The zero-order chi connectivity index (χ0) is 15.6. The number of aryl methyl sites for hydroxylation is 1. The monoisotopic (exact) mass is 314 g/mol. The molecule has 118 valence electrons. The van der Waals surface area contributed by atoms with Gasteiger partial charge in [-0.3, -0.25) is 4.79 Å². The Balaban J connectivity index is 2.05. The van der Waals surface area contributed by atoms with Crippen LogP contribution in [0.1, 0.15) is 25.5 Å². The fourth-order valence-corrected chi connectivity index (χ4v) is 3.98. The summed E-state index contributed by atoms with van der Waals surface area (Å²) >= 11 is 0. The van der Waals surface area contributed by atoms with Crippen molar-refractivity contribution in [2.24, 2.45) is 7.05 Å². The molecule has 0 amide bonds. The van der Waals surface area contributed by atoms with Crippen molar-refractivity contribution in [2.75, 3.05) is 18.8 Å². The van der Waals surface area contributed by atoms with Crippen molar-refractivity contribution in [3.8, 4) is 5.75 Å². The van der Waals surface area contributed by atoms with Gasteiger partial charge in [0.1, 0.15) is 11.9 Å². The molecule has 6 nitrogen and oxygen atoms in total. The molecule has 1 unspecified atom stereocenters. The Bertz CT molecular complexity index is 666. The van der Waals surface area contributed by atoms with Gasteiger partial charge in [-0.05, 0) is 25.8 Å². The number of ether oxygens (including phenoxy) is 1. The summed E-state index contributed by atoms with van der Waals surface area (Å²) in [6.07, 6.45) is 1.07. The highest BCUT2D eigenvalue weighted by atomic mass is 32.2. The number of nitrogens with zero attached hydrogens (tertiary/aromatic N) is 2. The van der Waals surface area contributed by atoms with Gasteiger partial charge in [-0.2, -0.15) is 4.31 Å². The number of pyridine rings is 1. The van der Waals surface area contributed by atoms with E-state index >= 15 is 0 Å². The van der Waals surface area contributed by atoms with Crippen LogP contribution in [0.3, 0.4) is 0 Å². The molecule has 1 fully saturated rings. The number of hydrogen-bond donors (Lipinski definition) is 0. The van der Waals surface area contributed by atoms with Crippen LogP contribution in [0.2, 0.25) is 0 Å². The summed E-state index contributed by atoms with van der Waals surface area (Å²) in [5.74, 6) is 0.681. The highest BCUT2D eigenvalue weighted by Gasteiger charge is 2.31. The lowest BCUT2D eigenvalue weighted by molar-refractivity contribution is 0.214. The minimum Gasteiger partial charge on any atom is -0.489 e. The minimum atomic E-state index is -3.17. The summed E-state index contributed by atoms with van der Waals surface area (Å²) < 4.78 is 32.8. The van der Waals surface area contributed by atoms with Gasteiger partial charge in [0.25, 0.3) is 5.56 Å².